The van der Waals surface area contributed by atoms with Crippen molar-refractivity contribution in [1.82, 2.24) is 0 Å². The largest absolute Gasteiger partial charge is 0.310 e. The molecule has 107 heavy (non-hydrogen) atoms. The highest BCUT2D eigenvalue weighted by Crippen LogP contribution is 2.56. The fourth-order valence-electron chi connectivity index (χ4n) is 17.4. The minimum absolute atomic E-state index is 0.0705. The van der Waals surface area contributed by atoms with Crippen LogP contribution in [0.4, 0.5) is 34.1 Å². The molecule has 2 aliphatic rings. The Morgan fingerprint density at radius 3 is 1.01 bits per heavy atom. The van der Waals surface area contributed by atoms with Crippen molar-refractivity contribution in [2.75, 3.05) is 9.80 Å². The topological polar surface area (TPSA) is 6.48 Å². The van der Waals surface area contributed by atoms with Crippen LogP contribution in [-0.2, 0) is 18.3 Å². The Labute approximate surface area is 634 Å². The molecule has 0 fully saturated rings. The highest BCUT2D eigenvalue weighted by molar-refractivity contribution is 5.96. The van der Waals surface area contributed by atoms with Crippen molar-refractivity contribution in [3.05, 3.63) is 362 Å². The van der Waals surface area contributed by atoms with Crippen molar-refractivity contribution < 1.29 is 0 Å². The number of fused-ring (bicyclic) bond motifs is 6. The van der Waals surface area contributed by atoms with E-state index in [1.165, 1.54) is 223 Å². The van der Waals surface area contributed by atoms with Crippen LogP contribution in [0.25, 0.3) is 111 Å². The van der Waals surface area contributed by atoms with Gasteiger partial charge in [0.25, 0.3) is 0 Å². The van der Waals surface area contributed by atoms with Crippen LogP contribution in [0.15, 0.2) is 340 Å². The smallest absolute Gasteiger partial charge is 0.0468 e. The Morgan fingerprint density at radius 1 is 0.215 bits per heavy atom. The van der Waals surface area contributed by atoms with Crippen LogP contribution >= 0.6 is 0 Å². The molecule has 0 N–H and O–H groups in total. The van der Waals surface area contributed by atoms with Gasteiger partial charge in [-0.3, -0.25) is 0 Å². The van der Waals surface area contributed by atoms with Crippen molar-refractivity contribution >= 4 is 55.7 Å². The maximum absolute atomic E-state index is 2.62. The fourth-order valence-corrected chi connectivity index (χ4v) is 17.4. The lowest BCUT2D eigenvalue weighted by Crippen LogP contribution is -2.25. The Morgan fingerprint density at radius 2 is 0.542 bits per heavy atom. The van der Waals surface area contributed by atoms with E-state index in [0.29, 0.717) is 0 Å². The summed E-state index contributed by atoms with van der Waals surface area (Å²) < 4.78 is 0. The number of aryl methyl sites for hydroxylation is 2. The van der Waals surface area contributed by atoms with Crippen LogP contribution in [0.2, 0.25) is 0 Å². The monoisotopic (exact) mass is 1380 g/mol. The standard InChI is InChI=1S/C105H94N2/c1-3-5-7-9-11-23-67-105(68-24-12-10-8-6-4-2)103-72-90(76-27-17-14-18-28-76)52-64-100(103)101-65-53-91(73-104(101)105)84-49-60-96(61-50-84)107(98-63-66-99(102(74-98)92-42-37-78-30-20-22-32-87(78)70-92)85-38-33-82(34-39-85)88-40-35-77-29-19-21-31-86(77)69-88)95-58-47-81(48-59-95)80-45-56-94(57-46-80)106(97-62-51-83-36-41-89(83)71-97)93-54-43-79(44-55-93)75-25-15-13-16-26-75/h13-22,25-35,37-40,42-66,69-74H,3-12,23-24,36,41,67-68H2,1-2H3. The van der Waals surface area contributed by atoms with E-state index in [1.807, 2.05) is 0 Å². The molecule has 0 aromatic heterocycles. The molecule has 15 aromatic rings. The van der Waals surface area contributed by atoms with Crippen molar-refractivity contribution in [2.45, 2.75) is 122 Å². The number of hydrogen-bond donors (Lipinski definition) is 0. The molecule has 0 heterocycles. The fraction of sp³-hybridized carbons (Fsp3) is 0.181. The third-order valence-electron chi connectivity index (χ3n) is 23.4. The van der Waals surface area contributed by atoms with Gasteiger partial charge in [-0.15, -0.1) is 0 Å². The number of benzene rings is 15. The van der Waals surface area contributed by atoms with E-state index < -0.39 is 0 Å². The van der Waals surface area contributed by atoms with Gasteiger partial charge in [-0.2, -0.15) is 0 Å². The first-order valence-corrected chi connectivity index (χ1v) is 39.7. The minimum Gasteiger partial charge on any atom is -0.310 e. The third kappa shape index (κ3) is 14.3. The van der Waals surface area contributed by atoms with E-state index in [1.54, 1.807) is 0 Å². The summed E-state index contributed by atoms with van der Waals surface area (Å²) in [5, 5.41) is 4.95. The van der Waals surface area contributed by atoms with Gasteiger partial charge in [0.1, 0.15) is 0 Å². The molecule has 2 aliphatic carbocycles. The molecule has 0 saturated heterocycles. The maximum Gasteiger partial charge on any atom is 0.0468 e. The summed E-state index contributed by atoms with van der Waals surface area (Å²) in [6.45, 7) is 4.66. The van der Waals surface area contributed by atoms with Crippen molar-refractivity contribution in [2.24, 2.45) is 0 Å². The molecule has 0 unspecified atom stereocenters. The molecule has 0 aliphatic heterocycles. The van der Waals surface area contributed by atoms with E-state index in [0.717, 1.165) is 46.8 Å². The van der Waals surface area contributed by atoms with Crippen LogP contribution in [0, 0.1) is 0 Å². The third-order valence-corrected chi connectivity index (χ3v) is 23.4. The average molecular weight is 1380 g/mol. The first kappa shape index (κ1) is 68.5. The van der Waals surface area contributed by atoms with E-state index in [2.05, 4.69) is 363 Å². The Balaban J connectivity index is 0.751. The second-order valence-electron chi connectivity index (χ2n) is 30.1. The van der Waals surface area contributed by atoms with E-state index >= 15 is 0 Å². The molecule has 0 bridgehead atoms. The molecule has 0 saturated carbocycles. The lowest BCUT2D eigenvalue weighted by molar-refractivity contribution is 0.398. The SMILES string of the molecule is CCCCCCCCC1(CCCCCCCC)c2cc(-c3ccccc3)ccc2-c2ccc(-c3ccc(N(c4ccc(-c5ccc(N(c6ccc(-c7ccccc7)cc6)c6ccc7c(c6)CC7)cc5)cc4)c4ccc(-c5ccc(-c6ccc7ccccc7c6)cc5)c(-c5ccc6ccccc6c5)c4)cc3)cc21. The van der Waals surface area contributed by atoms with Gasteiger partial charge in [0.15, 0.2) is 0 Å². The van der Waals surface area contributed by atoms with Gasteiger partial charge in [0.05, 0.1) is 0 Å². The van der Waals surface area contributed by atoms with Crippen molar-refractivity contribution in [1.29, 1.82) is 0 Å². The van der Waals surface area contributed by atoms with Crippen LogP contribution in [0.1, 0.15) is 126 Å². The van der Waals surface area contributed by atoms with Gasteiger partial charge in [-0.1, -0.05) is 334 Å². The zero-order valence-corrected chi connectivity index (χ0v) is 62.0. The summed E-state index contributed by atoms with van der Waals surface area (Å²) in [5.74, 6) is 0. The zero-order valence-electron chi connectivity index (χ0n) is 62.0. The predicted molar refractivity (Wildman–Crippen MR) is 458 cm³/mol. The van der Waals surface area contributed by atoms with Gasteiger partial charge in [0.2, 0.25) is 0 Å². The molecule has 15 aromatic carbocycles. The predicted octanol–water partition coefficient (Wildman–Crippen LogP) is 30.5. The number of hydrogen-bond acceptors (Lipinski definition) is 2. The number of anilines is 6. The molecular weight excluding hydrogens is 1290 g/mol. The van der Waals surface area contributed by atoms with Crippen LogP contribution in [0.3, 0.4) is 0 Å². The van der Waals surface area contributed by atoms with Gasteiger partial charge in [-0.25, -0.2) is 0 Å². The Bertz CT molecular complexity index is 5560. The minimum atomic E-state index is -0.0705. The summed E-state index contributed by atoms with van der Waals surface area (Å²) in [7, 11) is 0. The maximum atomic E-state index is 2.62. The average Bonchev–Trinajstić information content (AvgIpc) is 1.56. The van der Waals surface area contributed by atoms with E-state index in [-0.39, 0.29) is 5.41 Å². The van der Waals surface area contributed by atoms with Gasteiger partial charge >= 0.3 is 0 Å². The second-order valence-corrected chi connectivity index (χ2v) is 30.1. The summed E-state index contributed by atoms with van der Waals surface area (Å²) in [4.78, 5) is 4.88. The quantitative estimate of drug-likeness (QED) is 0.0474. The molecule has 0 amide bonds. The van der Waals surface area contributed by atoms with Gasteiger partial charge in [-0.05, 0) is 256 Å². The summed E-state index contributed by atoms with van der Waals surface area (Å²) in [6, 6.07) is 128. The van der Waals surface area contributed by atoms with Crippen molar-refractivity contribution in [3.8, 4) is 89.0 Å². The molecular formula is C105H94N2. The van der Waals surface area contributed by atoms with Crippen LogP contribution in [0.5, 0.6) is 0 Å². The van der Waals surface area contributed by atoms with Crippen LogP contribution < -0.4 is 9.80 Å². The molecule has 524 valence electrons. The lowest BCUT2D eigenvalue weighted by atomic mass is 9.70. The summed E-state index contributed by atoms with van der Waals surface area (Å²) >= 11 is 0. The Kier molecular flexibility index (Phi) is 20.0. The zero-order chi connectivity index (χ0) is 71.9. The highest BCUT2D eigenvalue weighted by atomic mass is 15.1. The number of rotatable bonds is 27. The summed E-state index contributed by atoms with van der Waals surface area (Å²) in [6.07, 6.45) is 20.1. The van der Waals surface area contributed by atoms with Gasteiger partial charge < -0.3 is 9.80 Å². The molecule has 2 nitrogen and oxygen atoms in total. The lowest BCUT2D eigenvalue weighted by Gasteiger charge is -2.33. The number of nitrogens with zero attached hydrogens (tertiary/aromatic N) is 2. The van der Waals surface area contributed by atoms with Crippen molar-refractivity contribution in [3.63, 3.8) is 0 Å². The first-order valence-electron chi connectivity index (χ1n) is 39.7. The van der Waals surface area contributed by atoms with Crippen LogP contribution in [-0.4, -0.2) is 0 Å². The normalized spacial score (nSPS) is 12.5. The summed E-state index contributed by atoms with van der Waals surface area (Å²) in [5.41, 5.74) is 32.5. The number of unbranched alkanes of at least 4 members (excludes halogenated alkanes) is 10. The second kappa shape index (κ2) is 31.2. The molecule has 0 atom stereocenters. The van der Waals surface area contributed by atoms with E-state index in [9.17, 15) is 0 Å². The first-order chi connectivity index (χ1) is 52.9. The molecule has 0 spiro atoms. The van der Waals surface area contributed by atoms with Gasteiger partial charge in [0, 0.05) is 39.5 Å². The molecule has 2 heteroatoms. The molecule has 17 rings (SSSR count). The Hall–Kier alpha value is -11.6. The molecule has 0 radical (unpaired) electrons. The highest BCUT2D eigenvalue weighted by Gasteiger charge is 2.43. The van der Waals surface area contributed by atoms with E-state index in [4.69, 9.17) is 0 Å².